The van der Waals surface area contributed by atoms with Gasteiger partial charge in [-0.2, -0.15) is 0 Å². The average molecular weight is 247 g/mol. The van der Waals surface area contributed by atoms with Crippen LogP contribution in [0.5, 0.6) is 0 Å². The zero-order valence-electron chi connectivity index (χ0n) is 11.7. The van der Waals surface area contributed by atoms with Crippen LogP contribution in [-0.4, -0.2) is 22.4 Å². The minimum absolute atomic E-state index is 0.290. The molecule has 18 heavy (non-hydrogen) atoms. The first-order chi connectivity index (χ1) is 8.61. The molecule has 2 nitrogen and oxygen atoms in total. The summed E-state index contributed by atoms with van der Waals surface area (Å²) >= 11 is 0. The van der Waals surface area contributed by atoms with Crippen LogP contribution in [0, 0.1) is 23.7 Å². The molecule has 1 unspecified atom stereocenters. The standard InChI is InChI=1S/C16H25NO/c1-10-3-4-16(17(10)11(2)18)14-6-12-5-13(8-14)9-15(16)7-12/h10,12-15H,3-9H2,1-2H3. The van der Waals surface area contributed by atoms with Crippen molar-refractivity contribution in [3.05, 3.63) is 0 Å². The second-order valence-corrected chi connectivity index (χ2v) is 7.57. The summed E-state index contributed by atoms with van der Waals surface area (Å²) in [5, 5.41) is 0. The van der Waals surface area contributed by atoms with Crippen molar-refractivity contribution in [3.63, 3.8) is 0 Å². The third-order valence-corrected chi connectivity index (χ3v) is 6.74. The predicted molar refractivity (Wildman–Crippen MR) is 71.0 cm³/mol. The van der Waals surface area contributed by atoms with E-state index in [1.54, 1.807) is 6.92 Å². The lowest BCUT2D eigenvalue weighted by molar-refractivity contribution is -0.159. The van der Waals surface area contributed by atoms with E-state index in [-0.39, 0.29) is 0 Å². The molecular formula is C16H25NO. The summed E-state index contributed by atoms with van der Waals surface area (Å²) in [6.45, 7) is 4.07. The molecule has 1 amide bonds. The van der Waals surface area contributed by atoms with Gasteiger partial charge in [0.15, 0.2) is 0 Å². The Balaban J connectivity index is 1.76. The zero-order chi connectivity index (χ0) is 12.5. The first-order valence-corrected chi connectivity index (χ1v) is 7.91. The molecule has 100 valence electrons. The van der Waals surface area contributed by atoms with Crippen LogP contribution in [0.15, 0.2) is 0 Å². The van der Waals surface area contributed by atoms with E-state index >= 15 is 0 Å². The number of hydrogen-bond acceptors (Lipinski definition) is 1. The molecule has 2 heteroatoms. The lowest BCUT2D eigenvalue weighted by Crippen LogP contribution is -2.65. The summed E-state index contributed by atoms with van der Waals surface area (Å²) in [7, 11) is 0. The number of carbonyl (C=O) groups is 1. The number of carbonyl (C=O) groups excluding carboxylic acids is 1. The van der Waals surface area contributed by atoms with Gasteiger partial charge < -0.3 is 4.90 Å². The number of nitrogens with zero attached hydrogens (tertiary/aromatic N) is 1. The molecule has 1 saturated heterocycles. The van der Waals surface area contributed by atoms with Crippen LogP contribution < -0.4 is 0 Å². The first-order valence-electron chi connectivity index (χ1n) is 7.91. The highest BCUT2D eigenvalue weighted by atomic mass is 16.2. The Kier molecular flexibility index (Phi) is 2.21. The summed E-state index contributed by atoms with van der Waals surface area (Å²) in [5.41, 5.74) is 0.290. The first kappa shape index (κ1) is 11.3. The molecule has 1 spiro atoms. The molecule has 5 rings (SSSR count). The van der Waals surface area contributed by atoms with Gasteiger partial charge in [0.25, 0.3) is 0 Å². The van der Waals surface area contributed by atoms with Crippen molar-refractivity contribution >= 4 is 5.91 Å². The summed E-state index contributed by atoms with van der Waals surface area (Å²) in [6, 6.07) is 0.486. The van der Waals surface area contributed by atoms with Crippen molar-refractivity contribution in [3.8, 4) is 0 Å². The van der Waals surface area contributed by atoms with E-state index in [1.165, 1.54) is 44.9 Å². The van der Waals surface area contributed by atoms with Crippen molar-refractivity contribution in [2.75, 3.05) is 0 Å². The molecule has 1 aliphatic heterocycles. The maximum atomic E-state index is 12.2. The molecule has 0 aromatic heterocycles. The zero-order valence-corrected chi connectivity index (χ0v) is 11.7. The lowest BCUT2D eigenvalue weighted by atomic mass is 9.48. The van der Waals surface area contributed by atoms with Crippen molar-refractivity contribution in [1.29, 1.82) is 0 Å². The monoisotopic (exact) mass is 247 g/mol. The molecule has 1 atom stereocenters. The van der Waals surface area contributed by atoms with Gasteiger partial charge in [0, 0.05) is 18.5 Å². The highest BCUT2D eigenvalue weighted by Crippen LogP contribution is 2.63. The van der Waals surface area contributed by atoms with E-state index in [9.17, 15) is 4.79 Å². The predicted octanol–water partition coefficient (Wildman–Crippen LogP) is 3.21. The molecule has 0 N–H and O–H groups in total. The largest absolute Gasteiger partial charge is 0.334 e. The Bertz CT molecular complexity index is 361. The fourth-order valence-corrected chi connectivity index (χ4v) is 6.51. The van der Waals surface area contributed by atoms with Gasteiger partial charge in [0.2, 0.25) is 5.91 Å². The van der Waals surface area contributed by atoms with Crippen LogP contribution in [0.25, 0.3) is 0 Å². The highest BCUT2D eigenvalue weighted by Gasteiger charge is 2.62. The quantitative estimate of drug-likeness (QED) is 0.643. The molecule has 5 fully saturated rings. The van der Waals surface area contributed by atoms with Gasteiger partial charge in [0.1, 0.15) is 0 Å². The van der Waals surface area contributed by atoms with Crippen molar-refractivity contribution < 1.29 is 4.79 Å². The molecular weight excluding hydrogens is 222 g/mol. The van der Waals surface area contributed by atoms with Gasteiger partial charge >= 0.3 is 0 Å². The van der Waals surface area contributed by atoms with E-state index in [0.717, 1.165) is 23.7 Å². The summed E-state index contributed by atoms with van der Waals surface area (Å²) < 4.78 is 0. The fourth-order valence-electron chi connectivity index (χ4n) is 6.51. The van der Waals surface area contributed by atoms with Gasteiger partial charge in [-0.25, -0.2) is 0 Å². The Hall–Kier alpha value is -0.530. The maximum absolute atomic E-state index is 12.2. The molecule has 0 aromatic carbocycles. The average Bonchev–Trinajstić information content (AvgIpc) is 2.64. The third kappa shape index (κ3) is 1.22. The normalized spacial score (nSPS) is 53.4. The van der Waals surface area contributed by atoms with Crippen molar-refractivity contribution in [1.82, 2.24) is 4.90 Å². The Morgan fingerprint density at radius 2 is 1.61 bits per heavy atom. The molecule has 4 aliphatic carbocycles. The minimum Gasteiger partial charge on any atom is -0.334 e. The maximum Gasteiger partial charge on any atom is 0.220 e. The van der Waals surface area contributed by atoms with Crippen LogP contribution in [0.1, 0.15) is 58.8 Å². The third-order valence-electron chi connectivity index (χ3n) is 6.74. The fraction of sp³-hybridized carbons (Fsp3) is 0.938. The lowest BCUT2D eigenvalue weighted by Gasteiger charge is -2.63. The van der Waals surface area contributed by atoms with Crippen LogP contribution in [0.4, 0.5) is 0 Å². The second kappa shape index (κ2) is 3.52. The van der Waals surface area contributed by atoms with Crippen LogP contribution >= 0.6 is 0 Å². The van der Waals surface area contributed by atoms with Gasteiger partial charge in [-0.1, -0.05) is 0 Å². The number of amides is 1. The van der Waals surface area contributed by atoms with Gasteiger partial charge in [-0.3, -0.25) is 4.79 Å². The van der Waals surface area contributed by atoms with Crippen LogP contribution in [0.3, 0.4) is 0 Å². The van der Waals surface area contributed by atoms with Gasteiger partial charge in [-0.05, 0) is 75.5 Å². The molecule has 1 heterocycles. The van der Waals surface area contributed by atoms with Crippen LogP contribution in [-0.2, 0) is 4.79 Å². The summed E-state index contributed by atoms with van der Waals surface area (Å²) in [5.74, 6) is 4.02. The molecule has 0 aromatic rings. The second-order valence-electron chi connectivity index (χ2n) is 7.57. The van der Waals surface area contributed by atoms with Gasteiger partial charge in [-0.15, -0.1) is 0 Å². The highest BCUT2D eigenvalue weighted by molar-refractivity contribution is 5.75. The summed E-state index contributed by atoms with van der Waals surface area (Å²) in [4.78, 5) is 14.5. The van der Waals surface area contributed by atoms with E-state index in [1.807, 2.05) is 0 Å². The molecule has 0 radical (unpaired) electrons. The van der Waals surface area contributed by atoms with Gasteiger partial charge in [0.05, 0.1) is 0 Å². The van der Waals surface area contributed by atoms with E-state index in [2.05, 4.69) is 11.8 Å². The Morgan fingerprint density at radius 1 is 1.06 bits per heavy atom. The van der Waals surface area contributed by atoms with Crippen molar-refractivity contribution in [2.45, 2.75) is 70.4 Å². The smallest absolute Gasteiger partial charge is 0.220 e. The Morgan fingerprint density at radius 3 is 2.11 bits per heavy atom. The topological polar surface area (TPSA) is 20.3 Å². The molecule has 5 aliphatic rings. The van der Waals surface area contributed by atoms with E-state index in [4.69, 9.17) is 0 Å². The minimum atomic E-state index is 0.290. The number of likely N-dealkylation sites (tertiary alicyclic amines) is 1. The van der Waals surface area contributed by atoms with E-state index in [0.29, 0.717) is 17.5 Å². The van der Waals surface area contributed by atoms with Crippen molar-refractivity contribution in [2.24, 2.45) is 23.7 Å². The Labute approximate surface area is 110 Å². The molecule has 4 bridgehead atoms. The number of hydrogen-bond donors (Lipinski definition) is 0. The summed E-state index contributed by atoms with van der Waals surface area (Å²) in [6.07, 6.45) is 9.71. The van der Waals surface area contributed by atoms with Crippen LogP contribution in [0.2, 0.25) is 0 Å². The van der Waals surface area contributed by atoms with E-state index < -0.39 is 0 Å². The SMILES string of the molecule is CC(=O)N1C(C)CCC12C1CC3CC(C1)CC2C3. The number of rotatable bonds is 0. The molecule has 4 saturated carbocycles.